The fourth-order valence-electron chi connectivity index (χ4n) is 2.32. The predicted octanol–water partition coefficient (Wildman–Crippen LogP) is 3.92. The summed E-state index contributed by atoms with van der Waals surface area (Å²) >= 11 is 0.880. The molecule has 1 aliphatic rings. The molecule has 0 spiro atoms. The Bertz CT molecular complexity index is 929. The Hall–Kier alpha value is -3.12. The summed E-state index contributed by atoms with van der Waals surface area (Å²) in [5.41, 5.74) is 2.20. The molecule has 1 aliphatic heterocycles. The predicted molar refractivity (Wildman–Crippen MR) is 102 cm³/mol. The highest BCUT2D eigenvalue weighted by atomic mass is 32.2. The van der Waals surface area contributed by atoms with Gasteiger partial charge in [-0.2, -0.15) is 0 Å². The maximum atomic E-state index is 12.2. The summed E-state index contributed by atoms with van der Waals surface area (Å²) in [7, 11) is 1.56. The number of carbonyl (C=O) groups is 3. The van der Waals surface area contributed by atoms with Crippen molar-refractivity contribution in [1.82, 2.24) is 5.32 Å². The normalized spacial score (nSPS) is 15.5. The van der Waals surface area contributed by atoms with Crippen LogP contribution in [-0.2, 0) is 4.79 Å². The van der Waals surface area contributed by atoms with Gasteiger partial charge in [0.1, 0.15) is 5.75 Å². The maximum Gasteiger partial charge on any atom is 0.290 e. The minimum Gasteiger partial charge on any atom is -0.497 e. The molecule has 130 valence electrons. The van der Waals surface area contributed by atoms with Gasteiger partial charge in [0.25, 0.3) is 11.1 Å². The third kappa shape index (κ3) is 4.29. The fraction of sp³-hybridized carbons (Fsp3) is 0.0500. The monoisotopic (exact) mass is 365 g/mol. The van der Waals surface area contributed by atoms with Gasteiger partial charge >= 0.3 is 0 Å². The van der Waals surface area contributed by atoms with Crippen LogP contribution >= 0.6 is 11.8 Å². The zero-order valence-electron chi connectivity index (χ0n) is 13.9. The van der Waals surface area contributed by atoms with Crippen molar-refractivity contribution in [3.63, 3.8) is 0 Å². The summed E-state index contributed by atoms with van der Waals surface area (Å²) in [4.78, 5) is 35.3. The molecule has 0 unspecified atom stereocenters. The Morgan fingerprint density at radius 1 is 1.08 bits per heavy atom. The fourth-order valence-corrected chi connectivity index (χ4v) is 3.00. The first kappa shape index (κ1) is 17.7. The smallest absolute Gasteiger partial charge is 0.290 e. The number of imide groups is 1. The molecular formula is C20H15NO4S. The molecule has 3 rings (SSSR count). The molecule has 1 fully saturated rings. The van der Waals surface area contributed by atoms with E-state index in [9.17, 15) is 14.4 Å². The van der Waals surface area contributed by atoms with E-state index in [1.54, 1.807) is 43.5 Å². The SMILES string of the molecule is COc1cccc(C(=O)/C=C/c2ccc(/C=C3\SC(=O)NC3=O)cc2)c1. The van der Waals surface area contributed by atoms with E-state index in [0.29, 0.717) is 16.2 Å². The Kier molecular flexibility index (Phi) is 5.34. The van der Waals surface area contributed by atoms with Gasteiger partial charge in [-0.25, -0.2) is 0 Å². The summed E-state index contributed by atoms with van der Waals surface area (Å²) in [6.07, 6.45) is 4.88. The van der Waals surface area contributed by atoms with E-state index < -0.39 is 0 Å². The van der Waals surface area contributed by atoms with E-state index in [4.69, 9.17) is 4.74 Å². The van der Waals surface area contributed by atoms with E-state index in [-0.39, 0.29) is 16.9 Å². The van der Waals surface area contributed by atoms with Gasteiger partial charge in [-0.15, -0.1) is 0 Å². The number of methoxy groups -OCH3 is 1. The first-order chi connectivity index (χ1) is 12.5. The highest BCUT2D eigenvalue weighted by molar-refractivity contribution is 8.18. The van der Waals surface area contributed by atoms with Crippen LogP contribution in [0, 0.1) is 0 Å². The van der Waals surface area contributed by atoms with Crippen LogP contribution in [0.5, 0.6) is 5.75 Å². The van der Waals surface area contributed by atoms with Crippen LogP contribution in [0.25, 0.3) is 12.2 Å². The first-order valence-electron chi connectivity index (χ1n) is 7.76. The molecule has 1 N–H and O–H groups in total. The number of ether oxygens (including phenoxy) is 1. The molecule has 6 heteroatoms. The second-order valence-electron chi connectivity index (χ2n) is 5.45. The number of carbonyl (C=O) groups excluding carboxylic acids is 3. The number of benzene rings is 2. The van der Waals surface area contributed by atoms with E-state index in [0.717, 1.165) is 22.9 Å². The topological polar surface area (TPSA) is 72.5 Å². The molecule has 2 aromatic carbocycles. The summed E-state index contributed by atoms with van der Waals surface area (Å²) in [6.45, 7) is 0. The number of rotatable bonds is 5. The highest BCUT2D eigenvalue weighted by Gasteiger charge is 2.24. The Morgan fingerprint density at radius 2 is 1.81 bits per heavy atom. The quantitative estimate of drug-likeness (QED) is 0.642. The standard InChI is InChI=1S/C20H15NO4S/c1-25-16-4-2-3-15(12-16)17(22)10-9-13-5-7-14(8-6-13)11-18-19(23)21-20(24)26-18/h2-12H,1H3,(H,21,23,24)/b10-9+,18-11-. The average molecular weight is 365 g/mol. The number of ketones is 1. The molecule has 0 atom stereocenters. The van der Waals surface area contributed by atoms with Gasteiger partial charge in [0.2, 0.25) is 0 Å². The van der Waals surface area contributed by atoms with Crippen molar-refractivity contribution in [3.05, 3.63) is 76.2 Å². The minimum atomic E-state index is -0.382. The molecule has 0 aromatic heterocycles. The number of thioether (sulfide) groups is 1. The van der Waals surface area contributed by atoms with Crippen molar-refractivity contribution < 1.29 is 19.1 Å². The molecule has 5 nitrogen and oxygen atoms in total. The zero-order valence-corrected chi connectivity index (χ0v) is 14.7. The van der Waals surface area contributed by atoms with Crippen LogP contribution in [0.3, 0.4) is 0 Å². The average Bonchev–Trinajstić information content (AvgIpc) is 2.97. The van der Waals surface area contributed by atoms with Gasteiger partial charge in [0.05, 0.1) is 12.0 Å². The third-order valence-electron chi connectivity index (χ3n) is 3.66. The molecule has 0 radical (unpaired) electrons. The van der Waals surface area contributed by atoms with Crippen LogP contribution in [0.2, 0.25) is 0 Å². The summed E-state index contributed by atoms with van der Waals surface area (Å²) in [5, 5.41) is 1.85. The summed E-state index contributed by atoms with van der Waals surface area (Å²) < 4.78 is 5.12. The molecule has 26 heavy (non-hydrogen) atoms. The lowest BCUT2D eigenvalue weighted by molar-refractivity contribution is -0.115. The highest BCUT2D eigenvalue weighted by Crippen LogP contribution is 2.25. The third-order valence-corrected chi connectivity index (χ3v) is 4.47. The zero-order chi connectivity index (χ0) is 18.5. The van der Waals surface area contributed by atoms with E-state index >= 15 is 0 Å². The molecular weight excluding hydrogens is 350 g/mol. The van der Waals surface area contributed by atoms with Crippen LogP contribution < -0.4 is 10.1 Å². The van der Waals surface area contributed by atoms with Crippen molar-refractivity contribution >= 4 is 40.8 Å². The van der Waals surface area contributed by atoms with E-state index in [1.165, 1.54) is 6.08 Å². The number of hydrogen-bond donors (Lipinski definition) is 1. The van der Waals surface area contributed by atoms with E-state index in [2.05, 4.69) is 5.32 Å². The second kappa shape index (κ2) is 7.84. The molecule has 0 saturated carbocycles. The largest absolute Gasteiger partial charge is 0.497 e. The summed E-state index contributed by atoms with van der Waals surface area (Å²) in [6, 6.07) is 14.3. The van der Waals surface area contributed by atoms with Gasteiger partial charge in [0, 0.05) is 5.56 Å². The minimum absolute atomic E-state index is 0.118. The number of allylic oxidation sites excluding steroid dienone is 1. The molecule has 1 heterocycles. The number of nitrogens with one attached hydrogen (secondary N) is 1. The Labute approximate surface area is 154 Å². The van der Waals surface area contributed by atoms with Crippen molar-refractivity contribution in [2.24, 2.45) is 0 Å². The maximum absolute atomic E-state index is 12.2. The van der Waals surface area contributed by atoms with Gasteiger partial charge in [0.15, 0.2) is 5.78 Å². The molecule has 1 saturated heterocycles. The van der Waals surface area contributed by atoms with Gasteiger partial charge in [-0.1, -0.05) is 42.5 Å². The molecule has 0 bridgehead atoms. The Balaban J connectivity index is 1.70. The van der Waals surface area contributed by atoms with Crippen molar-refractivity contribution in [2.75, 3.05) is 7.11 Å². The lowest BCUT2D eigenvalue weighted by Gasteiger charge is -2.01. The first-order valence-corrected chi connectivity index (χ1v) is 8.58. The van der Waals surface area contributed by atoms with Crippen molar-refractivity contribution in [2.45, 2.75) is 0 Å². The van der Waals surface area contributed by atoms with Crippen LogP contribution in [0.15, 0.2) is 59.5 Å². The lowest BCUT2D eigenvalue weighted by atomic mass is 10.1. The number of hydrogen-bond acceptors (Lipinski definition) is 5. The van der Waals surface area contributed by atoms with Crippen molar-refractivity contribution in [3.8, 4) is 5.75 Å². The van der Waals surface area contributed by atoms with Crippen molar-refractivity contribution in [1.29, 1.82) is 0 Å². The second-order valence-corrected chi connectivity index (χ2v) is 6.46. The lowest BCUT2D eigenvalue weighted by Crippen LogP contribution is -2.17. The molecule has 2 aromatic rings. The van der Waals surface area contributed by atoms with Gasteiger partial charge < -0.3 is 4.74 Å². The summed E-state index contributed by atoms with van der Waals surface area (Å²) in [5.74, 6) is 0.134. The van der Waals surface area contributed by atoms with Crippen LogP contribution in [0.1, 0.15) is 21.5 Å². The van der Waals surface area contributed by atoms with Crippen LogP contribution in [-0.4, -0.2) is 24.0 Å². The molecule has 2 amide bonds. The Morgan fingerprint density at radius 3 is 2.46 bits per heavy atom. The molecule has 0 aliphatic carbocycles. The van der Waals surface area contributed by atoms with E-state index in [1.807, 2.05) is 24.3 Å². The number of amides is 2. The van der Waals surface area contributed by atoms with Crippen LogP contribution in [0.4, 0.5) is 4.79 Å². The van der Waals surface area contributed by atoms with Gasteiger partial charge in [-0.05, 0) is 47.2 Å². The van der Waals surface area contributed by atoms with Gasteiger partial charge in [-0.3, -0.25) is 19.7 Å².